The van der Waals surface area contributed by atoms with Gasteiger partial charge in [-0.25, -0.2) is 8.78 Å². The summed E-state index contributed by atoms with van der Waals surface area (Å²) in [4.78, 5) is 30.6. The number of piperazine rings is 1. The Balaban J connectivity index is 1.47. The Labute approximate surface area is 160 Å². The number of anilines is 1. The number of nitrogens with one attached hydrogen (secondary N) is 1. The number of benzene rings is 2. The van der Waals surface area contributed by atoms with Crippen molar-refractivity contribution in [1.29, 1.82) is 0 Å². The predicted octanol–water partition coefficient (Wildman–Crippen LogP) is 3.61. The number of amides is 1. The second kappa shape index (κ2) is 7.07. The first-order valence-corrected chi connectivity index (χ1v) is 9.06. The third-order valence-corrected chi connectivity index (χ3v) is 5.10. The van der Waals surface area contributed by atoms with E-state index in [9.17, 15) is 18.4 Å². The van der Waals surface area contributed by atoms with Gasteiger partial charge in [0.2, 0.25) is 0 Å². The molecular weight excluding hydrogens is 364 g/mol. The van der Waals surface area contributed by atoms with Crippen LogP contribution in [0.5, 0.6) is 0 Å². The number of H-pyrrole nitrogens is 1. The normalized spacial score (nSPS) is 14.5. The van der Waals surface area contributed by atoms with Crippen LogP contribution in [0.1, 0.15) is 27.8 Å². The summed E-state index contributed by atoms with van der Waals surface area (Å²) >= 11 is 0. The van der Waals surface area contributed by atoms with Crippen LogP contribution < -0.4 is 4.90 Å². The van der Waals surface area contributed by atoms with Crippen LogP contribution in [-0.2, 0) is 0 Å². The number of hydrogen-bond acceptors (Lipinski definition) is 3. The molecule has 1 aliphatic heterocycles. The maximum absolute atomic E-state index is 14.4. The molecule has 2 heterocycles. The lowest BCUT2D eigenvalue weighted by atomic mass is 10.1. The molecule has 1 fully saturated rings. The topological polar surface area (TPSA) is 56.4 Å². The Kier molecular flexibility index (Phi) is 4.58. The molecule has 1 aromatic heterocycles. The molecule has 5 nitrogen and oxygen atoms in total. The van der Waals surface area contributed by atoms with Crippen molar-refractivity contribution in [2.24, 2.45) is 0 Å². The zero-order valence-electron chi connectivity index (χ0n) is 15.3. The fourth-order valence-corrected chi connectivity index (χ4v) is 3.54. The van der Waals surface area contributed by atoms with Crippen molar-refractivity contribution >= 4 is 28.3 Å². The third kappa shape index (κ3) is 3.24. The first-order valence-electron chi connectivity index (χ1n) is 9.06. The fourth-order valence-electron chi connectivity index (χ4n) is 3.54. The van der Waals surface area contributed by atoms with Gasteiger partial charge in [0.05, 0.1) is 5.69 Å². The standard InChI is InChI=1S/C21H19F2N3O2/c1-13(27)14-5-6-20(17(23)11-14)25-7-9-26(10-8-25)21(28)19-12-15-16(22)3-2-4-18(15)24-19/h2-6,11-12,24H,7-10H2,1H3. The highest BCUT2D eigenvalue weighted by Gasteiger charge is 2.25. The van der Waals surface area contributed by atoms with Gasteiger partial charge in [0.25, 0.3) is 5.91 Å². The fraction of sp³-hybridized carbons (Fsp3) is 0.238. The summed E-state index contributed by atoms with van der Waals surface area (Å²) in [6.45, 7) is 3.18. The summed E-state index contributed by atoms with van der Waals surface area (Å²) in [5.41, 5.74) is 1.67. The highest BCUT2D eigenvalue weighted by Crippen LogP contribution is 2.24. The predicted molar refractivity (Wildman–Crippen MR) is 103 cm³/mol. The molecule has 1 N–H and O–H groups in total. The maximum atomic E-state index is 14.4. The molecule has 0 atom stereocenters. The minimum atomic E-state index is -0.446. The average Bonchev–Trinajstić information content (AvgIpc) is 3.13. The van der Waals surface area contributed by atoms with E-state index >= 15 is 0 Å². The molecule has 0 unspecified atom stereocenters. The second-order valence-corrected chi connectivity index (χ2v) is 6.89. The van der Waals surface area contributed by atoms with Gasteiger partial charge in [0, 0.05) is 42.6 Å². The van der Waals surface area contributed by atoms with Gasteiger partial charge in [0.1, 0.15) is 17.3 Å². The van der Waals surface area contributed by atoms with Crippen molar-refractivity contribution in [2.45, 2.75) is 6.92 Å². The van der Waals surface area contributed by atoms with Crippen molar-refractivity contribution in [3.8, 4) is 0 Å². The largest absolute Gasteiger partial charge is 0.366 e. The van der Waals surface area contributed by atoms with Gasteiger partial charge in [0.15, 0.2) is 5.78 Å². The van der Waals surface area contributed by atoms with E-state index in [1.807, 2.05) is 4.90 Å². The van der Waals surface area contributed by atoms with Gasteiger partial charge in [-0.05, 0) is 43.3 Å². The van der Waals surface area contributed by atoms with Gasteiger partial charge >= 0.3 is 0 Å². The van der Waals surface area contributed by atoms with Gasteiger partial charge < -0.3 is 14.8 Å². The Morgan fingerprint density at radius 3 is 2.36 bits per heavy atom. The summed E-state index contributed by atoms with van der Waals surface area (Å²) < 4.78 is 28.2. The molecule has 0 aliphatic carbocycles. The molecule has 0 spiro atoms. The number of carbonyl (C=O) groups is 2. The van der Waals surface area contributed by atoms with Gasteiger partial charge in [-0.2, -0.15) is 0 Å². The SMILES string of the molecule is CC(=O)c1ccc(N2CCN(C(=O)c3cc4c(F)cccc4[nH]3)CC2)c(F)c1. The zero-order valence-corrected chi connectivity index (χ0v) is 15.3. The van der Waals surface area contributed by atoms with E-state index in [1.54, 1.807) is 29.2 Å². The highest BCUT2D eigenvalue weighted by molar-refractivity contribution is 5.98. The number of rotatable bonds is 3. The van der Waals surface area contributed by atoms with E-state index in [0.29, 0.717) is 54.0 Å². The number of halogens is 2. The van der Waals surface area contributed by atoms with Crippen LogP contribution in [0.2, 0.25) is 0 Å². The molecule has 0 saturated carbocycles. The van der Waals surface area contributed by atoms with E-state index in [4.69, 9.17) is 0 Å². The molecular formula is C21H19F2N3O2. The molecule has 0 radical (unpaired) electrons. The smallest absolute Gasteiger partial charge is 0.270 e. The number of aromatic nitrogens is 1. The van der Waals surface area contributed by atoms with Crippen LogP contribution >= 0.6 is 0 Å². The monoisotopic (exact) mass is 383 g/mol. The van der Waals surface area contributed by atoms with Crippen LogP contribution in [0.25, 0.3) is 10.9 Å². The Morgan fingerprint density at radius 1 is 0.964 bits per heavy atom. The number of hydrogen-bond donors (Lipinski definition) is 1. The first-order chi connectivity index (χ1) is 13.4. The molecule has 2 aromatic carbocycles. The molecule has 1 aliphatic rings. The highest BCUT2D eigenvalue weighted by atomic mass is 19.1. The molecule has 1 amide bonds. The lowest BCUT2D eigenvalue weighted by Crippen LogP contribution is -2.49. The van der Waals surface area contributed by atoms with Crippen molar-refractivity contribution in [3.63, 3.8) is 0 Å². The van der Waals surface area contributed by atoms with Crippen LogP contribution in [-0.4, -0.2) is 47.8 Å². The Bertz CT molecular complexity index is 1070. The quantitative estimate of drug-likeness (QED) is 0.703. The van der Waals surface area contributed by atoms with Crippen LogP contribution in [0, 0.1) is 11.6 Å². The molecule has 1 saturated heterocycles. The summed E-state index contributed by atoms with van der Waals surface area (Å²) in [5, 5.41) is 0.386. The van der Waals surface area contributed by atoms with Crippen LogP contribution in [0.3, 0.4) is 0 Å². The molecule has 7 heteroatoms. The second-order valence-electron chi connectivity index (χ2n) is 6.89. The maximum Gasteiger partial charge on any atom is 0.270 e. The van der Waals surface area contributed by atoms with E-state index in [1.165, 1.54) is 25.1 Å². The number of Topliss-reactive ketones (excluding diaryl/α,β-unsaturated/α-hetero) is 1. The minimum Gasteiger partial charge on any atom is -0.366 e. The summed E-state index contributed by atoms with van der Waals surface area (Å²) in [7, 11) is 0. The summed E-state index contributed by atoms with van der Waals surface area (Å²) in [6, 6.07) is 10.7. The van der Waals surface area contributed by atoms with E-state index in [-0.39, 0.29) is 17.5 Å². The first kappa shape index (κ1) is 18.2. The van der Waals surface area contributed by atoms with E-state index < -0.39 is 5.82 Å². The van der Waals surface area contributed by atoms with Crippen LogP contribution in [0.4, 0.5) is 14.5 Å². The van der Waals surface area contributed by atoms with Crippen molar-refractivity contribution in [2.75, 3.05) is 31.1 Å². The molecule has 28 heavy (non-hydrogen) atoms. The number of nitrogens with zero attached hydrogens (tertiary/aromatic N) is 2. The van der Waals surface area contributed by atoms with Crippen LogP contribution in [0.15, 0.2) is 42.5 Å². The number of carbonyl (C=O) groups excluding carboxylic acids is 2. The van der Waals surface area contributed by atoms with Gasteiger partial charge in [-0.3, -0.25) is 9.59 Å². The minimum absolute atomic E-state index is 0.185. The van der Waals surface area contributed by atoms with Crippen molar-refractivity contribution in [3.05, 3.63) is 65.4 Å². The molecule has 4 rings (SSSR count). The van der Waals surface area contributed by atoms with Crippen molar-refractivity contribution < 1.29 is 18.4 Å². The summed E-state index contributed by atoms with van der Waals surface area (Å²) in [5.74, 6) is -1.21. The Morgan fingerprint density at radius 2 is 1.71 bits per heavy atom. The van der Waals surface area contributed by atoms with Gasteiger partial charge in [-0.15, -0.1) is 0 Å². The van der Waals surface area contributed by atoms with E-state index in [0.717, 1.165) is 0 Å². The average molecular weight is 383 g/mol. The molecule has 0 bridgehead atoms. The summed E-state index contributed by atoms with van der Waals surface area (Å²) in [6.07, 6.45) is 0. The Hall–Kier alpha value is -3.22. The van der Waals surface area contributed by atoms with Crippen molar-refractivity contribution in [1.82, 2.24) is 9.88 Å². The number of fused-ring (bicyclic) bond motifs is 1. The molecule has 144 valence electrons. The lowest BCUT2D eigenvalue weighted by molar-refractivity contribution is 0.0741. The van der Waals surface area contributed by atoms with E-state index in [2.05, 4.69) is 4.98 Å². The zero-order chi connectivity index (χ0) is 19.8. The lowest BCUT2D eigenvalue weighted by Gasteiger charge is -2.36. The number of aromatic amines is 1. The number of ketones is 1. The molecule has 3 aromatic rings. The third-order valence-electron chi connectivity index (χ3n) is 5.10. The van der Waals surface area contributed by atoms with Gasteiger partial charge in [-0.1, -0.05) is 6.07 Å².